The summed E-state index contributed by atoms with van der Waals surface area (Å²) in [6.07, 6.45) is 0. The number of nitro groups is 1. The Labute approximate surface area is 116 Å². The van der Waals surface area contributed by atoms with Gasteiger partial charge in [-0.2, -0.15) is 0 Å². The second-order valence-electron chi connectivity index (χ2n) is 4.55. The molecule has 0 radical (unpaired) electrons. The highest BCUT2D eigenvalue weighted by molar-refractivity contribution is 7.99. The Kier molecular flexibility index (Phi) is 4.22. The fraction of sp³-hybridized carbons (Fsp3) is 0.200. The van der Waals surface area contributed by atoms with E-state index in [9.17, 15) is 10.1 Å². The summed E-state index contributed by atoms with van der Waals surface area (Å²) < 4.78 is 0. The predicted molar refractivity (Wildman–Crippen MR) is 77.8 cm³/mol. The molecule has 0 saturated heterocycles. The Balaban J connectivity index is 2.24. The summed E-state index contributed by atoms with van der Waals surface area (Å²) in [6.45, 7) is 4.29. The first kappa shape index (κ1) is 13.6. The smallest absolute Gasteiger partial charge is 0.258 e. The number of hydrogen-bond acceptors (Lipinski definition) is 3. The lowest BCUT2D eigenvalue weighted by Crippen LogP contribution is -1.90. The van der Waals surface area contributed by atoms with Crippen molar-refractivity contribution in [3.63, 3.8) is 0 Å². The van der Waals surface area contributed by atoms with Gasteiger partial charge in [-0.1, -0.05) is 49.9 Å². The molecule has 0 bridgehead atoms. The lowest BCUT2D eigenvalue weighted by Gasteiger charge is -2.07. The molecule has 0 unspecified atom stereocenters. The molecular formula is C15H15NO2S. The van der Waals surface area contributed by atoms with Crippen LogP contribution in [0.5, 0.6) is 0 Å². The van der Waals surface area contributed by atoms with Gasteiger partial charge in [0.2, 0.25) is 0 Å². The van der Waals surface area contributed by atoms with Gasteiger partial charge in [0, 0.05) is 11.0 Å². The third kappa shape index (κ3) is 3.35. The fourth-order valence-electron chi connectivity index (χ4n) is 1.74. The van der Waals surface area contributed by atoms with Crippen molar-refractivity contribution in [3.05, 3.63) is 64.2 Å². The molecule has 0 aliphatic rings. The Hall–Kier alpha value is -1.81. The highest BCUT2D eigenvalue weighted by Crippen LogP contribution is 2.34. The Morgan fingerprint density at radius 3 is 2.26 bits per heavy atom. The molecule has 2 aromatic rings. The lowest BCUT2D eigenvalue weighted by atomic mass is 10.0. The van der Waals surface area contributed by atoms with Crippen molar-refractivity contribution in [3.8, 4) is 0 Å². The van der Waals surface area contributed by atoms with Crippen LogP contribution in [0, 0.1) is 10.1 Å². The molecule has 0 aromatic heterocycles. The molecule has 2 rings (SSSR count). The summed E-state index contributed by atoms with van der Waals surface area (Å²) in [5.74, 6) is 0.491. The first-order valence-electron chi connectivity index (χ1n) is 6.09. The van der Waals surface area contributed by atoms with Gasteiger partial charge in [0.1, 0.15) is 0 Å². The molecule has 4 heteroatoms. The summed E-state index contributed by atoms with van der Waals surface area (Å²) in [5.41, 5.74) is 1.42. The molecule has 19 heavy (non-hydrogen) atoms. The molecule has 2 aromatic carbocycles. The summed E-state index contributed by atoms with van der Waals surface area (Å²) in [5, 5.41) is 10.9. The predicted octanol–water partition coefficient (Wildman–Crippen LogP) is 4.87. The van der Waals surface area contributed by atoms with Crippen molar-refractivity contribution < 1.29 is 4.92 Å². The maximum absolute atomic E-state index is 10.9. The van der Waals surface area contributed by atoms with Crippen molar-refractivity contribution >= 4 is 17.4 Å². The number of rotatable bonds is 4. The van der Waals surface area contributed by atoms with Crippen LogP contribution in [0.25, 0.3) is 0 Å². The Morgan fingerprint density at radius 1 is 1.05 bits per heavy atom. The molecule has 0 atom stereocenters. The fourth-order valence-corrected chi connectivity index (χ4v) is 2.66. The van der Waals surface area contributed by atoms with E-state index in [2.05, 4.69) is 26.0 Å². The highest BCUT2D eigenvalue weighted by Gasteiger charge is 2.13. The van der Waals surface area contributed by atoms with Gasteiger partial charge in [0.25, 0.3) is 5.69 Å². The zero-order valence-corrected chi connectivity index (χ0v) is 11.7. The molecule has 0 fully saturated rings. The van der Waals surface area contributed by atoms with Gasteiger partial charge in [-0.15, -0.1) is 0 Å². The summed E-state index contributed by atoms with van der Waals surface area (Å²) in [6, 6.07) is 15.0. The quantitative estimate of drug-likeness (QED) is 0.589. The molecule has 0 aliphatic carbocycles. The van der Waals surface area contributed by atoms with Gasteiger partial charge in [-0.05, 0) is 29.7 Å². The summed E-state index contributed by atoms with van der Waals surface area (Å²) in [4.78, 5) is 12.3. The number of nitrogens with zero attached hydrogens (tertiary/aromatic N) is 1. The monoisotopic (exact) mass is 273 g/mol. The van der Waals surface area contributed by atoms with Gasteiger partial charge >= 0.3 is 0 Å². The maximum Gasteiger partial charge on any atom is 0.283 e. The maximum atomic E-state index is 10.9. The van der Waals surface area contributed by atoms with Crippen molar-refractivity contribution in [2.75, 3.05) is 0 Å². The van der Waals surface area contributed by atoms with E-state index in [0.29, 0.717) is 10.8 Å². The van der Waals surface area contributed by atoms with E-state index in [-0.39, 0.29) is 10.6 Å². The van der Waals surface area contributed by atoms with Crippen LogP contribution in [0.4, 0.5) is 5.69 Å². The third-order valence-electron chi connectivity index (χ3n) is 2.84. The Morgan fingerprint density at radius 2 is 1.68 bits per heavy atom. The van der Waals surface area contributed by atoms with Gasteiger partial charge in [-0.25, -0.2) is 0 Å². The number of hydrogen-bond donors (Lipinski definition) is 0. The molecular weight excluding hydrogens is 258 g/mol. The van der Waals surface area contributed by atoms with E-state index in [1.807, 2.05) is 18.2 Å². The van der Waals surface area contributed by atoms with Crippen LogP contribution < -0.4 is 0 Å². The van der Waals surface area contributed by atoms with Gasteiger partial charge in [0.05, 0.1) is 9.82 Å². The van der Waals surface area contributed by atoms with E-state index in [0.717, 1.165) is 4.90 Å². The van der Waals surface area contributed by atoms with E-state index in [4.69, 9.17) is 0 Å². The average molecular weight is 273 g/mol. The average Bonchev–Trinajstić information content (AvgIpc) is 2.39. The normalized spacial score (nSPS) is 10.7. The van der Waals surface area contributed by atoms with Crippen LogP contribution in [0.3, 0.4) is 0 Å². The number of benzene rings is 2. The summed E-state index contributed by atoms with van der Waals surface area (Å²) >= 11 is 1.42. The molecule has 0 saturated carbocycles. The molecule has 0 spiro atoms. The standard InChI is InChI=1S/C15H15NO2S/c1-11(2)12-7-9-13(10-8-12)19-15-6-4-3-5-14(15)16(17)18/h3-11H,1-2H3. The largest absolute Gasteiger partial charge is 0.283 e. The minimum Gasteiger partial charge on any atom is -0.258 e. The third-order valence-corrected chi connectivity index (χ3v) is 3.91. The van der Waals surface area contributed by atoms with Gasteiger partial charge in [0.15, 0.2) is 0 Å². The topological polar surface area (TPSA) is 43.1 Å². The zero-order chi connectivity index (χ0) is 13.8. The van der Waals surface area contributed by atoms with Crippen LogP contribution in [-0.4, -0.2) is 4.92 Å². The second kappa shape index (κ2) is 5.89. The van der Waals surface area contributed by atoms with Gasteiger partial charge in [-0.3, -0.25) is 10.1 Å². The summed E-state index contributed by atoms with van der Waals surface area (Å²) in [7, 11) is 0. The number of para-hydroxylation sites is 1. The van der Waals surface area contributed by atoms with E-state index in [1.165, 1.54) is 23.4 Å². The molecule has 98 valence electrons. The van der Waals surface area contributed by atoms with Crippen LogP contribution in [0.15, 0.2) is 58.3 Å². The molecule has 0 amide bonds. The highest BCUT2D eigenvalue weighted by atomic mass is 32.2. The first-order valence-corrected chi connectivity index (χ1v) is 6.91. The molecule has 0 heterocycles. The van der Waals surface area contributed by atoms with Crippen molar-refractivity contribution in [1.29, 1.82) is 0 Å². The second-order valence-corrected chi connectivity index (χ2v) is 5.67. The zero-order valence-electron chi connectivity index (χ0n) is 10.9. The molecule has 0 aliphatic heterocycles. The van der Waals surface area contributed by atoms with Crippen LogP contribution >= 0.6 is 11.8 Å². The minimum absolute atomic E-state index is 0.153. The van der Waals surface area contributed by atoms with Crippen LogP contribution in [0.1, 0.15) is 25.3 Å². The SMILES string of the molecule is CC(C)c1ccc(Sc2ccccc2[N+](=O)[O-])cc1. The van der Waals surface area contributed by atoms with E-state index < -0.39 is 0 Å². The van der Waals surface area contributed by atoms with Crippen molar-refractivity contribution in [2.24, 2.45) is 0 Å². The lowest BCUT2D eigenvalue weighted by molar-refractivity contribution is -0.387. The van der Waals surface area contributed by atoms with Crippen LogP contribution in [-0.2, 0) is 0 Å². The van der Waals surface area contributed by atoms with Gasteiger partial charge < -0.3 is 0 Å². The first-order chi connectivity index (χ1) is 9.08. The Bertz CT molecular complexity index is 579. The van der Waals surface area contributed by atoms with Crippen molar-refractivity contribution in [1.82, 2.24) is 0 Å². The van der Waals surface area contributed by atoms with Crippen molar-refractivity contribution in [2.45, 2.75) is 29.6 Å². The van der Waals surface area contributed by atoms with E-state index in [1.54, 1.807) is 12.1 Å². The minimum atomic E-state index is -0.342. The molecule has 0 N–H and O–H groups in total. The molecule has 3 nitrogen and oxygen atoms in total. The van der Waals surface area contributed by atoms with Crippen LogP contribution in [0.2, 0.25) is 0 Å². The number of nitro benzene ring substituents is 1. The van der Waals surface area contributed by atoms with E-state index >= 15 is 0 Å².